The van der Waals surface area contributed by atoms with Gasteiger partial charge in [-0.05, 0) is 35.6 Å². The average molecular weight is 455 g/mol. The van der Waals surface area contributed by atoms with Crippen molar-refractivity contribution in [3.8, 4) is 11.1 Å². The average Bonchev–Trinajstić information content (AvgIpc) is 3.10. The van der Waals surface area contributed by atoms with E-state index in [9.17, 15) is 14.4 Å². The van der Waals surface area contributed by atoms with Gasteiger partial charge in [-0.3, -0.25) is 9.59 Å². The van der Waals surface area contributed by atoms with Crippen molar-refractivity contribution in [3.05, 3.63) is 59.7 Å². The standard InChI is InChI=1S/C25H30N2O6/c1-4-13-27(14-22(28)29)23(30)25(2,16-32-3)26-24(31)33-15-21-19-11-7-5-9-17(19)18-10-6-8-12-20(18)21/h5-12,21H,4,13-16H2,1-3H3,(H,26,31)(H,28,29). The Morgan fingerprint density at radius 1 is 1.06 bits per heavy atom. The molecule has 1 aliphatic carbocycles. The third-order valence-corrected chi connectivity index (χ3v) is 5.73. The van der Waals surface area contributed by atoms with Crippen LogP contribution in [0, 0.1) is 0 Å². The number of amides is 2. The van der Waals surface area contributed by atoms with Crippen molar-refractivity contribution in [2.45, 2.75) is 31.7 Å². The van der Waals surface area contributed by atoms with Crippen molar-refractivity contribution in [1.29, 1.82) is 0 Å². The van der Waals surface area contributed by atoms with E-state index in [0.29, 0.717) is 6.42 Å². The molecule has 2 amide bonds. The summed E-state index contributed by atoms with van der Waals surface area (Å²) in [5.41, 5.74) is 2.92. The number of nitrogens with one attached hydrogen (secondary N) is 1. The van der Waals surface area contributed by atoms with E-state index in [2.05, 4.69) is 5.32 Å². The Labute approximate surface area is 193 Å². The molecule has 2 aromatic rings. The van der Waals surface area contributed by atoms with Crippen molar-refractivity contribution in [1.82, 2.24) is 10.2 Å². The highest BCUT2D eigenvalue weighted by molar-refractivity contribution is 5.91. The van der Waals surface area contributed by atoms with Crippen LogP contribution in [0.1, 0.15) is 37.3 Å². The van der Waals surface area contributed by atoms with Gasteiger partial charge in [0.15, 0.2) is 0 Å². The summed E-state index contributed by atoms with van der Waals surface area (Å²) < 4.78 is 10.7. The van der Waals surface area contributed by atoms with Crippen molar-refractivity contribution < 1.29 is 29.0 Å². The Balaban J connectivity index is 1.73. The number of methoxy groups -OCH3 is 1. The van der Waals surface area contributed by atoms with E-state index >= 15 is 0 Å². The molecule has 0 saturated heterocycles. The minimum absolute atomic E-state index is 0.102. The number of ether oxygens (including phenoxy) is 2. The van der Waals surface area contributed by atoms with Gasteiger partial charge in [0.2, 0.25) is 0 Å². The van der Waals surface area contributed by atoms with Gasteiger partial charge in [-0.2, -0.15) is 0 Å². The maximum absolute atomic E-state index is 13.1. The highest BCUT2D eigenvalue weighted by Crippen LogP contribution is 2.44. The van der Waals surface area contributed by atoms with Crippen LogP contribution in [0.4, 0.5) is 4.79 Å². The molecular formula is C25H30N2O6. The molecule has 0 aliphatic heterocycles. The van der Waals surface area contributed by atoms with Crippen molar-refractivity contribution in [3.63, 3.8) is 0 Å². The van der Waals surface area contributed by atoms with Gasteiger partial charge < -0.3 is 24.8 Å². The molecule has 1 unspecified atom stereocenters. The van der Waals surface area contributed by atoms with Crippen LogP contribution < -0.4 is 5.32 Å². The van der Waals surface area contributed by atoms with E-state index in [0.717, 1.165) is 22.3 Å². The second-order valence-electron chi connectivity index (χ2n) is 8.34. The molecule has 0 fully saturated rings. The lowest BCUT2D eigenvalue weighted by atomic mass is 9.98. The van der Waals surface area contributed by atoms with Crippen LogP contribution in [0.15, 0.2) is 48.5 Å². The Kier molecular flexibility index (Phi) is 7.71. The van der Waals surface area contributed by atoms with Gasteiger partial charge in [-0.15, -0.1) is 0 Å². The number of hydrogen-bond donors (Lipinski definition) is 2. The monoisotopic (exact) mass is 454 g/mol. The van der Waals surface area contributed by atoms with Gasteiger partial charge in [0.05, 0.1) is 6.61 Å². The highest BCUT2D eigenvalue weighted by atomic mass is 16.5. The molecule has 8 nitrogen and oxygen atoms in total. The van der Waals surface area contributed by atoms with Crippen LogP contribution in [-0.4, -0.2) is 66.9 Å². The maximum atomic E-state index is 13.1. The van der Waals surface area contributed by atoms with Crippen LogP contribution in [0.3, 0.4) is 0 Å². The molecule has 2 aromatic carbocycles. The predicted molar refractivity (Wildman–Crippen MR) is 123 cm³/mol. The first kappa shape index (κ1) is 24.3. The Morgan fingerprint density at radius 2 is 1.64 bits per heavy atom. The molecule has 0 heterocycles. The van der Waals surface area contributed by atoms with Gasteiger partial charge in [-0.1, -0.05) is 55.5 Å². The molecule has 0 radical (unpaired) electrons. The zero-order valence-electron chi connectivity index (χ0n) is 19.2. The number of rotatable bonds is 10. The van der Waals surface area contributed by atoms with Gasteiger partial charge in [0, 0.05) is 19.6 Å². The van der Waals surface area contributed by atoms with Gasteiger partial charge >= 0.3 is 12.1 Å². The smallest absolute Gasteiger partial charge is 0.408 e. The molecule has 2 N–H and O–H groups in total. The van der Waals surface area contributed by atoms with Gasteiger partial charge in [0.25, 0.3) is 5.91 Å². The number of carbonyl (C=O) groups excluding carboxylic acids is 2. The summed E-state index contributed by atoms with van der Waals surface area (Å²) in [6.07, 6.45) is -0.191. The number of carbonyl (C=O) groups is 3. The fraction of sp³-hybridized carbons (Fsp3) is 0.400. The zero-order valence-corrected chi connectivity index (χ0v) is 19.2. The minimum atomic E-state index is -1.47. The highest BCUT2D eigenvalue weighted by Gasteiger charge is 2.40. The van der Waals surface area contributed by atoms with E-state index in [-0.39, 0.29) is 25.7 Å². The van der Waals surface area contributed by atoms with E-state index in [1.165, 1.54) is 18.9 Å². The summed E-state index contributed by atoms with van der Waals surface area (Å²) in [6.45, 7) is 3.11. The van der Waals surface area contributed by atoms with E-state index in [1.54, 1.807) is 0 Å². The second kappa shape index (κ2) is 10.5. The van der Waals surface area contributed by atoms with Crippen molar-refractivity contribution >= 4 is 18.0 Å². The van der Waals surface area contributed by atoms with Gasteiger partial charge in [0.1, 0.15) is 18.7 Å². The van der Waals surface area contributed by atoms with Gasteiger partial charge in [-0.25, -0.2) is 4.79 Å². The molecule has 8 heteroatoms. The molecule has 0 bridgehead atoms. The lowest BCUT2D eigenvalue weighted by Crippen LogP contribution is -2.61. The van der Waals surface area contributed by atoms with Crippen molar-refractivity contribution in [2.75, 3.05) is 33.4 Å². The quantitative estimate of drug-likeness (QED) is 0.571. The largest absolute Gasteiger partial charge is 0.480 e. The van der Waals surface area contributed by atoms with Crippen LogP contribution in [0.2, 0.25) is 0 Å². The molecule has 0 spiro atoms. The number of alkyl carbamates (subject to hydrolysis) is 1. The lowest BCUT2D eigenvalue weighted by Gasteiger charge is -2.33. The SMILES string of the molecule is CCCN(CC(=O)O)C(=O)C(C)(COC)NC(=O)OCC1c2ccccc2-c2ccccc21. The van der Waals surface area contributed by atoms with Crippen LogP contribution in [0.5, 0.6) is 0 Å². The number of carboxylic acid groups (broad SMARTS) is 1. The first-order chi connectivity index (χ1) is 15.8. The van der Waals surface area contributed by atoms with Crippen molar-refractivity contribution in [2.24, 2.45) is 0 Å². The zero-order chi connectivity index (χ0) is 24.0. The normalized spacial score (nSPS) is 14.0. The minimum Gasteiger partial charge on any atom is -0.480 e. The summed E-state index contributed by atoms with van der Waals surface area (Å²) in [6, 6.07) is 16.0. The fourth-order valence-electron chi connectivity index (χ4n) is 4.33. The summed E-state index contributed by atoms with van der Waals surface area (Å²) in [5, 5.41) is 11.8. The fourth-order valence-corrected chi connectivity index (χ4v) is 4.33. The lowest BCUT2D eigenvalue weighted by molar-refractivity contribution is -0.148. The molecule has 33 heavy (non-hydrogen) atoms. The van der Waals surface area contributed by atoms with Crippen LogP contribution in [-0.2, 0) is 19.1 Å². The summed E-state index contributed by atoms with van der Waals surface area (Å²) in [5.74, 6) is -1.78. The number of nitrogens with zero attached hydrogens (tertiary/aromatic N) is 1. The summed E-state index contributed by atoms with van der Waals surface area (Å²) >= 11 is 0. The molecule has 1 atom stereocenters. The molecule has 176 valence electrons. The van der Waals surface area contributed by atoms with E-state index in [1.807, 2.05) is 55.5 Å². The molecular weight excluding hydrogens is 424 g/mol. The molecule has 3 rings (SSSR count). The number of fused-ring (bicyclic) bond motifs is 3. The Bertz CT molecular complexity index is 978. The van der Waals surface area contributed by atoms with Crippen LogP contribution in [0.25, 0.3) is 11.1 Å². The van der Waals surface area contributed by atoms with E-state index in [4.69, 9.17) is 14.6 Å². The molecule has 0 aromatic heterocycles. The second-order valence-corrected chi connectivity index (χ2v) is 8.34. The topological polar surface area (TPSA) is 105 Å². The third-order valence-electron chi connectivity index (χ3n) is 5.73. The Hall–Kier alpha value is -3.39. The van der Waals surface area contributed by atoms with E-state index < -0.39 is 30.1 Å². The number of hydrogen-bond acceptors (Lipinski definition) is 5. The molecule has 0 saturated carbocycles. The summed E-state index contributed by atoms with van der Waals surface area (Å²) in [4.78, 5) is 38.3. The predicted octanol–water partition coefficient (Wildman–Crippen LogP) is 3.25. The first-order valence-corrected chi connectivity index (χ1v) is 10.9. The third kappa shape index (κ3) is 5.34. The first-order valence-electron chi connectivity index (χ1n) is 10.9. The van der Waals surface area contributed by atoms with Crippen LogP contribution >= 0.6 is 0 Å². The number of benzene rings is 2. The number of carboxylic acids is 1. The molecule has 1 aliphatic rings. The summed E-state index contributed by atoms with van der Waals surface area (Å²) in [7, 11) is 1.41. The number of aliphatic carboxylic acids is 1. The Morgan fingerprint density at radius 3 is 2.15 bits per heavy atom. The maximum Gasteiger partial charge on any atom is 0.408 e.